The molecule has 2 aromatic carbocycles. The van der Waals surface area contributed by atoms with Crippen molar-refractivity contribution in [1.82, 2.24) is 4.98 Å². The number of anilines is 1. The zero-order chi connectivity index (χ0) is 16.6. The molecule has 4 nitrogen and oxygen atoms in total. The fourth-order valence-electron chi connectivity index (χ4n) is 2.31. The van der Waals surface area contributed by atoms with Gasteiger partial charge in [0.25, 0.3) is 0 Å². The summed E-state index contributed by atoms with van der Waals surface area (Å²) in [4.78, 5) is 4.33. The third-order valence-electron chi connectivity index (χ3n) is 3.49. The molecule has 0 bridgehead atoms. The van der Waals surface area contributed by atoms with Gasteiger partial charge in [-0.25, -0.2) is 4.98 Å². The maximum absolute atomic E-state index is 5.92. The number of unbranched alkanes of at least 4 members (excludes halogenated alkanes) is 1. The molecule has 5 heteroatoms. The molecule has 3 rings (SSSR count). The number of hydrogen-bond donors (Lipinski definition) is 1. The Hall–Kier alpha value is -2.53. The number of rotatable bonds is 8. The van der Waals surface area contributed by atoms with Gasteiger partial charge in [-0.1, -0.05) is 30.3 Å². The molecule has 1 aromatic heterocycles. The number of thiazole rings is 1. The van der Waals surface area contributed by atoms with Crippen LogP contribution in [0.25, 0.3) is 11.3 Å². The van der Waals surface area contributed by atoms with Crippen LogP contribution < -0.4 is 15.2 Å². The van der Waals surface area contributed by atoms with Crippen LogP contribution in [-0.2, 0) is 0 Å². The van der Waals surface area contributed by atoms with Gasteiger partial charge in [0.2, 0.25) is 0 Å². The zero-order valence-corrected chi connectivity index (χ0v) is 14.2. The third kappa shape index (κ3) is 4.49. The Kier molecular flexibility index (Phi) is 5.69. The molecule has 24 heavy (non-hydrogen) atoms. The molecule has 2 N–H and O–H groups in total. The molecule has 0 radical (unpaired) electrons. The lowest BCUT2D eigenvalue weighted by Gasteiger charge is -2.10. The highest BCUT2D eigenvalue weighted by Gasteiger charge is 2.08. The lowest BCUT2D eigenvalue weighted by Crippen LogP contribution is -2.03. The van der Waals surface area contributed by atoms with E-state index in [1.54, 1.807) is 0 Å². The molecule has 0 aliphatic carbocycles. The maximum atomic E-state index is 5.92. The van der Waals surface area contributed by atoms with Crippen LogP contribution in [-0.4, -0.2) is 18.2 Å². The van der Waals surface area contributed by atoms with Crippen molar-refractivity contribution >= 4 is 16.5 Å². The van der Waals surface area contributed by atoms with Gasteiger partial charge < -0.3 is 15.2 Å². The van der Waals surface area contributed by atoms with E-state index in [0.717, 1.165) is 35.6 Å². The van der Waals surface area contributed by atoms with Gasteiger partial charge in [-0.05, 0) is 37.1 Å². The van der Waals surface area contributed by atoms with Gasteiger partial charge in [-0.15, -0.1) is 11.3 Å². The molecule has 0 aliphatic rings. The van der Waals surface area contributed by atoms with Crippen LogP contribution in [0.3, 0.4) is 0 Å². The van der Waals surface area contributed by atoms with Crippen LogP contribution >= 0.6 is 11.3 Å². The number of ether oxygens (including phenoxy) is 2. The van der Waals surface area contributed by atoms with Crippen LogP contribution in [0.1, 0.15) is 12.8 Å². The Balaban J connectivity index is 1.45. The summed E-state index contributed by atoms with van der Waals surface area (Å²) in [5.74, 6) is 1.75. The fourth-order valence-corrected chi connectivity index (χ4v) is 2.87. The van der Waals surface area contributed by atoms with E-state index in [1.165, 1.54) is 11.3 Å². The molecule has 124 valence electrons. The van der Waals surface area contributed by atoms with Gasteiger partial charge in [0.05, 0.1) is 18.9 Å². The molecule has 1 heterocycles. The van der Waals surface area contributed by atoms with Crippen LogP contribution in [0.2, 0.25) is 0 Å². The third-order valence-corrected chi connectivity index (χ3v) is 4.17. The number of benzene rings is 2. The SMILES string of the molecule is Nc1nc(-c2ccccc2OCCCCOc2ccccc2)cs1. The summed E-state index contributed by atoms with van der Waals surface area (Å²) in [6, 6.07) is 17.8. The van der Waals surface area contributed by atoms with Crippen LogP contribution in [0, 0.1) is 0 Å². The summed E-state index contributed by atoms with van der Waals surface area (Å²) in [7, 11) is 0. The van der Waals surface area contributed by atoms with Crippen molar-refractivity contribution in [2.24, 2.45) is 0 Å². The number of nitrogens with zero attached hydrogens (tertiary/aromatic N) is 1. The van der Waals surface area contributed by atoms with Crippen molar-refractivity contribution in [3.8, 4) is 22.8 Å². The monoisotopic (exact) mass is 340 g/mol. The summed E-state index contributed by atoms with van der Waals surface area (Å²) < 4.78 is 11.6. The van der Waals surface area contributed by atoms with Crippen molar-refractivity contribution in [3.05, 3.63) is 60.0 Å². The first-order chi connectivity index (χ1) is 11.8. The van der Waals surface area contributed by atoms with Crippen LogP contribution in [0.4, 0.5) is 5.13 Å². The largest absolute Gasteiger partial charge is 0.494 e. The molecule has 0 saturated carbocycles. The quantitative estimate of drug-likeness (QED) is 0.607. The number of aromatic nitrogens is 1. The maximum Gasteiger partial charge on any atom is 0.180 e. The van der Waals surface area contributed by atoms with Gasteiger partial charge in [0.15, 0.2) is 5.13 Å². The summed E-state index contributed by atoms with van der Waals surface area (Å²) in [6.07, 6.45) is 1.88. The van der Waals surface area contributed by atoms with E-state index < -0.39 is 0 Å². The summed E-state index contributed by atoms with van der Waals surface area (Å²) in [5.41, 5.74) is 7.56. The second-order valence-electron chi connectivity index (χ2n) is 5.28. The summed E-state index contributed by atoms with van der Waals surface area (Å²) in [6.45, 7) is 1.34. The predicted octanol–water partition coefficient (Wildman–Crippen LogP) is 4.63. The molecule has 0 amide bonds. The molecule has 0 spiro atoms. The van der Waals surface area contributed by atoms with Gasteiger partial charge >= 0.3 is 0 Å². The van der Waals surface area contributed by atoms with E-state index in [2.05, 4.69) is 4.98 Å². The minimum atomic E-state index is 0.567. The van der Waals surface area contributed by atoms with Crippen molar-refractivity contribution < 1.29 is 9.47 Å². The van der Waals surface area contributed by atoms with E-state index in [-0.39, 0.29) is 0 Å². The summed E-state index contributed by atoms with van der Waals surface area (Å²) >= 11 is 1.44. The Morgan fingerprint density at radius 3 is 2.33 bits per heavy atom. The van der Waals surface area contributed by atoms with Crippen LogP contribution in [0.5, 0.6) is 11.5 Å². The lowest BCUT2D eigenvalue weighted by atomic mass is 10.1. The molecule has 0 aliphatic heterocycles. The molecule has 0 saturated heterocycles. The standard InChI is InChI=1S/C19H20N2O2S/c20-19-21-17(14-24-19)16-10-4-5-11-18(16)23-13-7-6-12-22-15-8-2-1-3-9-15/h1-5,8-11,14H,6-7,12-13H2,(H2,20,21). The minimum absolute atomic E-state index is 0.567. The first kappa shape index (κ1) is 16.3. The van der Waals surface area contributed by atoms with E-state index in [0.29, 0.717) is 18.3 Å². The number of para-hydroxylation sites is 2. The van der Waals surface area contributed by atoms with E-state index in [4.69, 9.17) is 15.2 Å². The molecular weight excluding hydrogens is 320 g/mol. The smallest absolute Gasteiger partial charge is 0.180 e. The second kappa shape index (κ2) is 8.36. The minimum Gasteiger partial charge on any atom is -0.494 e. The van der Waals surface area contributed by atoms with Crippen molar-refractivity contribution in [2.45, 2.75) is 12.8 Å². The first-order valence-electron chi connectivity index (χ1n) is 7.94. The lowest BCUT2D eigenvalue weighted by molar-refractivity contribution is 0.267. The first-order valence-corrected chi connectivity index (χ1v) is 8.82. The van der Waals surface area contributed by atoms with Crippen LogP contribution in [0.15, 0.2) is 60.0 Å². The molecule has 0 unspecified atom stereocenters. The number of hydrogen-bond acceptors (Lipinski definition) is 5. The molecular formula is C19H20N2O2S. The Morgan fingerprint density at radius 1 is 0.875 bits per heavy atom. The number of nitrogen functional groups attached to an aromatic ring is 1. The van der Waals surface area contributed by atoms with Gasteiger partial charge in [-0.2, -0.15) is 0 Å². The average Bonchev–Trinajstić information content (AvgIpc) is 3.05. The molecule has 0 atom stereocenters. The van der Waals surface area contributed by atoms with Crippen molar-refractivity contribution in [2.75, 3.05) is 18.9 Å². The van der Waals surface area contributed by atoms with Gasteiger partial charge in [0, 0.05) is 10.9 Å². The topological polar surface area (TPSA) is 57.4 Å². The highest BCUT2D eigenvalue weighted by atomic mass is 32.1. The molecule has 3 aromatic rings. The Labute approximate surface area is 145 Å². The fraction of sp³-hybridized carbons (Fsp3) is 0.211. The highest BCUT2D eigenvalue weighted by Crippen LogP contribution is 2.31. The zero-order valence-electron chi connectivity index (χ0n) is 13.4. The Bertz CT molecular complexity index is 759. The molecule has 0 fully saturated rings. The number of nitrogens with two attached hydrogens (primary N) is 1. The van der Waals surface area contributed by atoms with E-state index >= 15 is 0 Å². The van der Waals surface area contributed by atoms with E-state index in [9.17, 15) is 0 Å². The normalized spacial score (nSPS) is 10.5. The second-order valence-corrected chi connectivity index (χ2v) is 6.17. The average molecular weight is 340 g/mol. The highest BCUT2D eigenvalue weighted by molar-refractivity contribution is 7.13. The van der Waals surface area contributed by atoms with Crippen molar-refractivity contribution in [3.63, 3.8) is 0 Å². The van der Waals surface area contributed by atoms with E-state index in [1.807, 2.05) is 60.0 Å². The van der Waals surface area contributed by atoms with Gasteiger partial charge in [0.1, 0.15) is 11.5 Å². The summed E-state index contributed by atoms with van der Waals surface area (Å²) in [5, 5.41) is 2.52. The Morgan fingerprint density at radius 2 is 1.58 bits per heavy atom. The van der Waals surface area contributed by atoms with Crippen molar-refractivity contribution in [1.29, 1.82) is 0 Å². The predicted molar refractivity (Wildman–Crippen MR) is 98.6 cm³/mol. The van der Waals surface area contributed by atoms with Gasteiger partial charge in [-0.3, -0.25) is 0 Å².